The van der Waals surface area contributed by atoms with E-state index in [1.54, 1.807) is 0 Å². The number of hydrogen-bond donors (Lipinski definition) is 1. The van der Waals surface area contributed by atoms with Crippen molar-refractivity contribution in [2.75, 3.05) is 19.7 Å². The molecule has 0 aliphatic carbocycles. The zero-order valence-electron chi connectivity index (χ0n) is 14.9. The third-order valence-corrected chi connectivity index (χ3v) is 5.45. The molecule has 0 bridgehead atoms. The summed E-state index contributed by atoms with van der Waals surface area (Å²) in [5.41, 5.74) is 2.99. The van der Waals surface area contributed by atoms with Crippen molar-refractivity contribution in [3.8, 4) is 5.75 Å². The number of aliphatic hydroxyl groups is 1. The highest BCUT2D eigenvalue weighted by molar-refractivity contribution is 5.79. The van der Waals surface area contributed by atoms with E-state index in [4.69, 9.17) is 4.74 Å². The third kappa shape index (κ3) is 3.61. The van der Waals surface area contributed by atoms with Crippen molar-refractivity contribution < 1.29 is 14.6 Å². The summed E-state index contributed by atoms with van der Waals surface area (Å²) in [5.74, 6) is 0.941. The highest BCUT2D eigenvalue weighted by Gasteiger charge is 2.30. The number of aliphatic hydroxyl groups excluding tert-OH is 1. The van der Waals surface area contributed by atoms with Gasteiger partial charge in [-0.3, -0.25) is 4.79 Å². The Hall–Kier alpha value is -2.33. The first-order valence-electron chi connectivity index (χ1n) is 9.46. The van der Waals surface area contributed by atoms with Crippen molar-refractivity contribution >= 4 is 5.91 Å². The van der Waals surface area contributed by atoms with Gasteiger partial charge in [-0.05, 0) is 36.5 Å². The van der Waals surface area contributed by atoms with E-state index in [2.05, 4.69) is 12.1 Å². The summed E-state index contributed by atoms with van der Waals surface area (Å²) in [5, 5.41) is 10.8. The molecule has 1 amide bonds. The fourth-order valence-corrected chi connectivity index (χ4v) is 3.94. The molecule has 0 aromatic heterocycles. The lowest BCUT2D eigenvalue weighted by Gasteiger charge is -2.31. The van der Waals surface area contributed by atoms with Crippen molar-refractivity contribution in [2.24, 2.45) is 5.92 Å². The summed E-state index contributed by atoms with van der Waals surface area (Å²) < 4.78 is 5.94. The van der Waals surface area contributed by atoms with Crippen LogP contribution in [0.3, 0.4) is 0 Å². The van der Waals surface area contributed by atoms with Crippen molar-refractivity contribution in [1.29, 1.82) is 0 Å². The molecule has 0 radical (unpaired) electrons. The minimum absolute atomic E-state index is 0.0435. The molecule has 26 heavy (non-hydrogen) atoms. The summed E-state index contributed by atoms with van der Waals surface area (Å²) in [7, 11) is 0. The van der Waals surface area contributed by atoms with Crippen LogP contribution < -0.4 is 4.74 Å². The van der Waals surface area contributed by atoms with Gasteiger partial charge in [-0.25, -0.2) is 0 Å². The summed E-state index contributed by atoms with van der Waals surface area (Å²) in [4.78, 5) is 14.3. The highest BCUT2D eigenvalue weighted by Crippen LogP contribution is 2.37. The zero-order valence-corrected chi connectivity index (χ0v) is 14.9. The van der Waals surface area contributed by atoms with Gasteiger partial charge in [0.15, 0.2) is 0 Å². The minimum Gasteiger partial charge on any atom is -0.493 e. The Morgan fingerprint density at radius 2 is 1.85 bits per heavy atom. The maximum absolute atomic E-state index is 12.3. The third-order valence-electron chi connectivity index (χ3n) is 5.45. The van der Waals surface area contributed by atoms with Crippen molar-refractivity contribution in [3.05, 3.63) is 65.2 Å². The van der Waals surface area contributed by atoms with E-state index < -0.39 is 6.10 Å². The molecule has 1 saturated heterocycles. The van der Waals surface area contributed by atoms with E-state index >= 15 is 0 Å². The van der Waals surface area contributed by atoms with Crippen LogP contribution in [-0.2, 0) is 17.6 Å². The Morgan fingerprint density at radius 3 is 2.62 bits per heavy atom. The summed E-state index contributed by atoms with van der Waals surface area (Å²) in [6, 6.07) is 16.0. The second-order valence-electron chi connectivity index (χ2n) is 7.34. The molecule has 1 fully saturated rings. The quantitative estimate of drug-likeness (QED) is 0.921. The van der Waals surface area contributed by atoms with Gasteiger partial charge in [0.25, 0.3) is 0 Å². The van der Waals surface area contributed by atoms with Crippen LogP contribution in [0.4, 0.5) is 0 Å². The molecule has 2 aliphatic heterocycles. The molecule has 1 N–H and O–H groups in total. The molecular formula is C22H25NO3. The average molecular weight is 351 g/mol. The second kappa shape index (κ2) is 7.50. The number of ether oxygens (including phenoxy) is 1. The van der Waals surface area contributed by atoms with Crippen LogP contribution in [0.5, 0.6) is 5.75 Å². The average Bonchev–Trinajstić information content (AvgIpc) is 3.20. The molecule has 2 aliphatic rings. The molecule has 4 nitrogen and oxygen atoms in total. The van der Waals surface area contributed by atoms with Gasteiger partial charge < -0.3 is 14.7 Å². The molecule has 136 valence electrons. The van der Waals surface area contributed by atoms with Crippen LogP contribution in [0.1, 0.15) is 35.6 Å². The molecule has 2 aromatic carbocycles. The SMILES string of the molecule is O=C(Cc1ccc2c(c1)OC[C@@H](Cc1ccccc1)[C@@H]2O)N1CCCC1. The number of benzene rings is 2. The van der Waals surface area contributed by atoms with E-state index in [9.17, 15) is 9.90 Å². The molecule has 0 unspecified atom stereocenters. The van der Waals surface area contributed by atoms with Gasteiger partial charge in [0.05, 0.1) is 19.1 Å². The predicted octanol–water partition coefficient (Wildman–Crippen LogP) is 3.14. The highest BCUT2D eigenvalue weighted by atomic mass is 16.5. The smallest absolute Gasteiger partial charge is 0.226 e. The Morgan fingerprint density at radius 1 is 1.08 bits per heavy atom. The fourth-order valence-electron chi connectivity index (χ4n) is 3.94. The number of rotatable bonds is 4. The zero-order chi connectivity index (χ0) is 17.9. The van der Waals surface area contributed by atoms with Crippen molar-refractivity contribution in [1.82, 2.24) is 4.90 Å². The number of carbonyl (C=O) groups excluding carboxylic acids is 1. The van der Waals surface area contributed by atoms with Gasteiger partial charge in [0, 0.05) is 24.6 Å². The Labute approximate surface area is 154 Å². The monoisotopic (exact) mass is 351 g/mol. The molecule has 2 aromatic rings. The normalized spacial score (nSPS) is 22.0. The standard InChI is InChI=1S/C22H25NO3/c24-21(23-10-4-5-11-23)14-17-8-9-19-20(13-17)26-15-18(22(19)25)12-16-6-2-1-3-7-16/h1-3,6-9,13,18,22,25H,4-5,10-12,14-15H2/t18-,22+/m1/s1. The molecule has 0 saturated carbocycles. The van der Waals surface area contributed by atoms with E-state index in [-0.39, 0.29) is 11.8 Å². The Bertz CT molecular complexity index is 768. The van der Waals surface area contributed by atoms with Crippen LogP contribution in [0, 0.1) is 5.92 Å². The van der Waals surface area contributed by atoms with Gasteiger partial charge in [0.1, 0.15) is 5.75 Å². The van der Waals surface area contributed by atoms with Gasteiger partial charge in [-0.1, -0.05) is 42.5 Å². The van der Waals surface area contributed by atoms with E-state index in [1.807, 2.05) is 41.3 Å². The summed E-state index contributed by atoms with van der Waals surface area (Å²) in [6.07, 6.45) is 2.86. The first-order chi connectivity index (χ1) is 12.7. The lowest BCUT2D eigenvalue weighted by molar-refractivity contribution is -0.129. The molecular weight excluding hydrogens is 326 g/mol. The summed E-state index contributed by atoms with van der Waals surface area (Å²) in [6.45, 7) is 2.24. The molecule has 0 spiro atoms. The van der Waals surface area contributed by atoms with Crippen LogP contribution in [0.15, 0.2) is 48.5 Å². The molecule has 2 atom stereocenters. The maximum Gasteiger partial charge on any atom is 0.226 e. The van der Waals surface area contributed by atoms with Crippen molar-refractivity contribution in [2.45, 2.75) is 31.8 Å². The number of likely N-dealkylation sites (tertiary alicyclic amines) is 1. The van der Waals surface area contributed by atoms with Crippen LogP contribution in [-0.4, -0.2) is 35.6 Å². The first-order valence-corrected chi connectivity index (χ1v) is 9.46. The number of fused-ring (bicyclic) bond motifs is 1. The van der Waals surface area contributed by atoms with Gasteiger partial charge in [0.2, 0.25) is 5.91 Å². The molecule has 4 rings (SSSR count). The lowest BCUT2D eigenvalue weighted by Crippen LogP contribution is -2.29. The van der Waals surface area contributed by atoms with Gasteiger partial charge in [-0.2, -0.15) is 0 Å². The minimum atomic E-state index is -0.540. The van der Waals surface area contributed by atoms with Gasteiger partial charge >= 0.3 is 0 Å². The number of nitrogens with zero attached hydrogens (tertiary/aromatic N) is 1. The number of amides is 1. The van der Waals surface area contributed by atoms with Crippen LogP contribution >= 0.6 is 0 Å². The first kappa shape index (κ1) is 17.1. The lowest BCUT2D eigenvalue weighted by atomic mass is 9.87. The van der Waals surface area contributed by atoms with Crippen molar-refractivity contribution in [3.63, 3.8) is 0 Å². The Kier molecular flexibility index (Phi) is 4.93. The summed E-state index contributed by atoms with van der Waals surface area (Å²) >= 11 is 0. The fraction of sp³-hybridized carbons (Fsp3) is 0.409. The van der Waals surface area contributed by atoms with E-state index in [0.29, 0.717) is 18.8 Å². The van der Waals surface area contributed by atoms with Gasteiger partial charge in [-0.15, -0.1) is 0 Å². The van der Waals surface area contributed by atoms with E-state index in [1.165, 1.54) is 5.56 Å². The van der Waals surface area contributed by atoms with Crippen LogP contribution in [0.2, 0.25) is 0 Å². The second-order valence-corrected chi connectivity index (χ2v) is 7.34. The predicted molar refractivity (Wildman–Crippen MR) is 100 cm³/mol. The molecule has 2 heterocycles. The Balaban J connectivity index is 1.45. The van der Waals surface area contributed by atoms with Crippen LogP contribution in [0.25, 0.3) is 0 Å². The molecule has 4 heteroatoms. The maximum atomic E-state index is 12.3. The van der Waals surface area contributed by atoms with E-state index in [0.717, 1.165) is 43.5 Å². The largest absolute Gasteiger partial charge is 0.493 e. The number of hydrogen-bond acceptors (Lipinski definition) is 3. The topological polar surface area (TPSA) is 49.8 Å². The number of carbonyl (C=O) groups is 1.